The summed E-state index contributed by atoms with van der Waals surface area (Å²) in [6, 6.07) is 4.84. The summed E-state index contributed by atoms with van der Waals surface area (Å²) in [5.74, 6) is -1.21. The first-order chi connectivity index (χ1) is 13.5. The molecule has 3 aromatic rings. The summed E-state index contributed by atoms with van der Waals surface area (Å²) < 4.78 is 80.2. The zero-order chi connectivity index (χ0) is 21.1. The van der Waals surface area contributed by atoms with Crippen LogP contribution in [0, 0.1) is 11.7 Å². The third-order valence-corrected chi connectivity index (χ3v) is 5.85. The Labute approximate surface area is 162 Å². The molecule has 4 rings (SSSR count). The van der Waals surface area contributed by atoms with Crippen molar-refractivity contribution in [3.63, 3.8) is 0 Å². The van der Waals surface area contributed by atoms with Gasteiger partial charge in [-0.15, -0.1) is 0 Å². The fourth-order valence-corrected chi connectivity index (χ4v) is 4.18. The Morgan fingerprint density at radius 1 is 1.17 bits per heavy atom. The molecule has 1 aliphatic rings. The van der Waals surface area contributed by atoms with Gasteiger partial charge >= 0.3 is 6.18 Å². The molecule has 0 saturated heterocycles. The number of alkyl halides is 3. The maximum Gasteiger partial charge on any atom is 0.419 e. The predicted molar refractivity (Wildman–Crippen MR) is 97.1 cm³/mol. The summed E-state index contributed by atoms with van der Waals surface area (Å²) in [5, 5.41) is 7.77. The van der Waals surface area contributed by atoms with Gasteiger partial charge < -0.3 is 0 Å². The Morgan fingerprint density at radius 3 is 2.45 bits per heavy atom. The first kappa shape index (κ1) is 19.6. The number of aromatic nitrogens is 2. The van der Waals surface area contributed by atoms with Gasteiger partial charge in [0, 0.05) is 12.1 Å². The minimum absolute atomic E-state index is 0.0703. The fourth-order valence-electron chi connectivity index (χ4n) is 3.41. The smallest absolute Gasteiger partial charge is 0.284 e. The van der Waals surface area contributed by atoms with Crippen LogP contribution in [-0.4, -0.2) is 18.2 Å². The number of sulfonamides is 1. The highest BCUT2D eigenvalue weighted by Gasteiger charge is 2.39. The van der Waals surface area contributed by atoms with E-state index < -0.39 is 43.6 Å². The number of H-pyrrole nitrogens is 1. The van der Waals surface area contributed by atoms with Crippen molar-refractivity contribution in [3.8, 4) is 11.1 Å². The number of fused-ring (bicyclic) bond motifs is 1. The van der Waals surface area contributed by atoms with E-state index in [1.165, 1.54) is 12.1 Å². The average molecular weight is 429 g/mol. The quantitative estimate of drug-likeness (QED) is 0.623. The molecule has 0 bridgehead atoms. The van der Waals surface area contributed by atoms with E-state index in [1.54, 1.807) is 4.68 Å². The highest BCUT2D eigenvalue weighted by atomic mass is 32.2. The molecule has 3 N–H and O–H groups in total. The molecule has 1 aromatic heterocycles. The van der Waals surface area contributed by atoms with Gasteiger partial charge in [0.05, 0.1) is 15.8 Å². The van der Waals surface area contributed by atoms with Crippen molar-refractivity contribution in [1.29, 1.82) is 0 Å². The van der Waals surface area contributed by atoms with Crippen LogP contribution in [0.2, 0.25) is 0 Å². The molecule has 2 aromatic carbocycles. The first-order valence-electron chi connectivity index (χ1n) is 8.62. The minimum atomic E-state index is -5.18. The van der Waals surface area contributed by atoms with Gasteiger partial charge in [-0.05, 0) is 48.6 Å². The zero-order valence-electron chi connectivity index (χ0n) is 14.8. The summed E-state index contributed by atoms with van der Waals surface area (Å²) in [6.07, 6.45) is -3.13. The molecule has 1 aliphatic carbocycles. The number of primary sulfonamides is 1. The van der Waals surface area contributed by atoms with Crippen LogP contribution in [0.4, 0.5) is 17.6 Å². The highest BCUT2D eigenvalue weighted by Crippen LogP contribution is 2.42. The third kappa shape index (κ3) is 3.55. The van der Waals surface area contributed by atoms with Crippen molar-refractivity contribution < 1.29 is 26.0 Å². The SMILES string of the molecule is NS(=O)(=O)c1ccc(F)c(C(F)(F)F)c1-c1ccc2c(c1)c(=O)[nH]n2CC1CC1. The Morgan fingerprint density at radius 2 is 1.86 bits per heavy atom. The number of hydrogen-bond donors (Lipinski definition) is 2. The van der Waals surface area contributed by atoms with E-state index in [-0.39, 0.29) is 10.9 Å². The molecule has 0 radical (unpaired) electrons. The molecule has 6 nitrogen and oxygen atoms in total. The van der Waals surface area contributed by atoms with E-state index >= 15 is 0 Å². The number of halogens is 4. The van der Waals surface area contributed by atoms with Crippen LogP contribution in [0.15, 0.2) is 40.0 Å². The minimum Gasteiger partial charge on any atom is -0.284 e. The van der Waals surface area contributed by atoms with Crippen LogP contribution in [0.1, 0.15) is 18.4 Å². The Kier molecular flexibility index (Phi) is 4.35. The van der Waals surface area contributed by atoms with Crippen molar-refractivity contribution in [1.82, 2.24) is 9.78 Å². The third-order valence-electron chi connectivity index (χ3n) is 4.90. The lowest BCUT2D eigenvalue weighted by molar-refractivity contribution is -0.139. The molecule has 29 heavy (non-hydrogen) atoms. The number of nitrogens with one attached hydrogen (secondary N) is 1. The van der Waals surface area contributed by atoms with E-state index in [0.29, 0.717) is 30.1 Å². The second-order valence-electron chi connectivity index (χ2n) is 7.07. The maximum absolute atomic E-state index is 14.1. The van der Waals surface area contributed by atoms with Gasteiger partial charge in [-0.1, -0.05) is 6.07 Å². The van der Waals surface area contributed by atoms with Crippen LogP contribution >= 0.6 is 0 Å². The van der Waals surface area contributed by atoms with Gasteiger partial charge in [0.25, 0.3) is 5.56 Å². The standard InChI is InChI=1S/C18H15F4N3O3S/c19-12-4-6-14(29(23,27)28)15(16(12)18(20,21)22)10-3-5-13-11(7-10)17(26)24-25(13)8-9-1-2-9/h3-7,9H,1-2,8H2,(H,24,26)(H2,23,27,28). The molecule has 0 spiro atoms. The number of rotatable bonds is 4. The van der Waals surface area contributed by atoms with Gasteiger partial charge in [-0.3, -0.25) is 14.6 Å². The summed E-state index contributed by atoms with van der Waals surface area (Å²) in [6.45, 7) is 0.564. The normalized spacial score (nSPS) is 15.2. The molecule has 1 saturated carbocycles. The van der Waals surface area contributed by atoms with E-state index in [2.05, 4.69) is 5.10 Å². The Bertz CT molecular complexity index is 1290. The van der Waals surface area contributed by atoms with Crippen LogP contribution in [0.25, 0.3) is 22.0 Å². The largest absolute Gasteiger partial charge is 0.419 e. The number of aromatic amines is 1. The van der Waals surface area contributed by atoms with Crippen molar-refractivity contribution >= 4 is 20.9 Å². The number of nitrogens with two attached hydrogens (primary N) is 1. The molecule has 1 fully saturated rings. The van der Waals surface area contributed by atoms with Gasteiger partial charge in [0.15, 0.2) is 0 Å². The van der Waals surface area contributed by atoms with E-state index in [4.69, 9.17) is 5.14 Å². The molecule has 11 heteroatoms. The van der Waals surface area contributed by atoms with E-state index in [9.17, 15) is 30.8 Å². The predicted octanol–water partition coefficient (Wildman–Crippen LogP) is 3.21. The van der Waals surface area contributed by atoms with Gasteiger partial charge in [0.2, 0.25) is 10.0 Å². The van der Waals surface area contributed by atoms with E-state index in [1.807, 2.05) is 0 Å². The topological polar surface area (TPSA) is 98.0 Å². The number of benzene rings is 2. The molecule has 1 heterocycles. The first-order valence-corrected chi connectivity index (χ1v) is 10.2. The molecular weight excluding hydrogens is 414 g/mol. The average Bonchev–Trinajstić information content (AvgIpc) is 3.36. The van der Waals surface area contributed by atoms with Gasteiger partial charge in [0.1, 0.15) is 11.4 Å². The van der Waals surface area contributed by atoms with Crippen LogP contribution in [-0.2, 0) is 22.7 Å². The monoisotopic (exact) mass is 429 g/mol. The maximum atomic E-state index is 14.1. The van der Waals surface area contributed by atoms with Crippen molar-refractivity contribution in [2.24, 2.45) is 11.1 Å². The van der Waals surface area contributed by atoms with Crippen molar-refractivity contribution in [2.75, 3.05) is 0 Å². The summed E-state index contributed by atoms with van der Waals surface area (Å²) in [5.41, 5.74) is -3.02. The van der Waals surface area contributed by atoms with E-state index in [0.717, 1.165) is 18.9 Å². The summed E-state index contributed by atoms with van der Waals surface area (Å²) in [4.78, 5) is 11.4. The molecule has 0 aliphatic heterocycles. The molecule has 154 valence electrons. The van der Waals surface area contributed by atoms with Crippen LogP contribution in [0.5, 0.6) is 0 Å². The number of nitrogens with zero attached hydrogens (tertiary/aromatic N) is 1. The second kappa shape index (κ2) is 6.42. The fraction of sp³-hybridized carbons (Fsp3) is 0.278. The Balaban J connectivity index is 2.01. The summed E-state index contributed by atoms with van der Waals surface area (Å²) >= 11 is 0. The van der Waals surface area contributed by atoms with Crippen molar-refractivity contribution in [2.45, 2.75) is 30.5 Å². The molecule has 0 unspecified atom stereocenters. The molecular formula is C18H15F4N3O3S. The lowest BCUT2D eigenvalue weighted by Gasteiger charge is -2.17. The second-order valence-corrected chi connectivity index (χ2v) is 8.59. The highest BCUT2D eigenvalue weighted by molar-refractivity contribution is 7.89. The summed E-state index contributed by atoms with van der Waals surface area (Å²) in [7, 11) is -4.60. The molecule has 0 atom stereocenters. The van der Waals surface area contributed by atoms with Crippen LogP contribution < -0.4 is 10.7 Å². The Hall–Kier alpha value is -2.66. The van der Waals surface area contributed by atoms with Crippen LogP contribution in [0.3, 0.4) is 0 Å². The van der Waals surface area contributed by atoms with Gasteiger partial charge in [-0.2, -0.15) is 13.2 Å². The number of hydrogen-bond acceptors (Lipinski definition) is 3. The zero-order valence-corrected chi connectivity index (χ0v) is 15.6. The van der Waals surface area contributed by atoms with Crippen molar-refractivity contribution in [3.05, 3.63) is 52.1 Å². The molecule has 0 amide bonds. The lowest BCUT2D eigenvalue weighted by atomic mass is 9.97. The lowest BCUT2D eigenvalue weighted by Crippen LogP contribution is -2.18. The van der Waals surface area contributed by atoms with Gasteiger partial charge in [-0.25, -0.2) is 17.9 Å².